The molecule has 146 valence electrons. The van der Waals surface area contributed by atoms with Crippen molar-refractivity contribution in [3.05, 3.63) is 64.5 Å². The zero-order valence-electron chi connectivity index (χ0n) is 16.1. The predicted molar refractivity (Wildman–Crippen MR) is 114 cm³/mol. The molecular formula is C22H25N3O2S. The van der Waals surface area contributed by atoms with E-state index < -0.39 is 5.91 Å². The average Bonchev–Trinajstić information content (AvgIpc) is 3.35. The Bertz CT molecular complexity index is 923. The second-order valence-corrected chi connectivity index (χ2v) is 8.12. The Balaban J connectivity index is 1.50. The van der Waals surface area contributed by atoms with E-state index in [4.69, 9.17) is 10.5 Å². The van der Waals surface area contributed by atoms with Crippen LogP contribution in [-0.2, 0) is 25.7 Å². The molecule has 28 heavy (non-hydrogen) atoms. The summed E-state index contributed by atoms with van der Waals surface area (Å²) >= 11 is 1.32. The molecule has 1 amide bonds. The number of nitrogens with one attached hydrogen (secondary N) is 2. The van der Waals surface area contributed by atoms with Gasteiger partial charge in [0, 0.05) is 10.6 Å². The highest BCUT2D eigenvalue weighted by Crippen LogP contribution is 2.39. The first-order valence-corrected chi connectivity index (χ1v) is 10.4. The van der Waals surface area contributed by atoms with Gasteiger partial charge in [0.2, 0.25) is 5.91 Å². The minimum absolute atomic E-state index is 0.422. The first-order valence-electron chi connectivity index (χ1n) is 9.60. The highest BCUT2D eigenvalue weighted by Gasteiger charge is 2.24. The van der Waals surface area contributed by atoms with Crippen molar-refractivity contribution >= 4 is 23.5 Å². The van der Waals surface area contributed by atoms with Gasteiger partial charge in [-0.1, -0.05) is 12.6 Å². The van der Waals surface area contributed by atoms with Gasteiger partial charge in [0.25, 0.3) is 0 Å². The van der Waals surface area contributed by atoms with Crippen LogP contribution in [0.15, 0.2) is 41.6 Å². The first-order chi connectivity index (χ1) is 13.6. The summed E-state index contributed by atoms with van der Waals surface area (Å²) < 4.78 is 8.41. The molecule has 0 heterocycles. The smallest absolute Gasteiger partial charge is 0.250 e. The van der Waals surface area contributed by atoms with Gasteiger partial charge in [-0.3, -0.25) is 4.79 Å². The van der Waals surface area contributed by atoms with Gasteiger partial charge in [0.15, 0.2) is 0 Å². The highest BCUT2D eigenvalue weighted by molar-refractivity contribution is 7.97. The maximum atomic E-state index is 11.8. The number of nitrogens with two attached hydrogens (primary N) is 1. The molecule has 4 N–H and O–H groups in total. The largest absolute Gasteiger partial charge is 0.497 e. The maximum absolute atomic E-state index is 11.8. The number of rotatable bonds is 7. The Kier molecular flexibility index (Phi) is 5.22. The van der Waals surface area contributed by atoms with Crippen molar-refractivity contribution < 1.29 is 9.53 Å². The van der Waals surface area contributed by atoms with Crippen LogP contribution >= 0.6 is 11.9 Å². The van der Waals surface area contributed by atoms with Crippen molar-refractivity contribution in [1.82, 2.24) is 4.72 Å². The second-order valence-electron chi connectivity index (χ2n) is 7.27. The molecule has 0 atom stereocenters. The molecule has 0 radical (unpaired) electrons. The molecule has 0 aromatic heterocycles. The molecule has 2 aliphatic rings. The number of ether oxygens (including phenoxy) is 1. The quantitative estimate of drug-likeness (QED) is 0.619. The summed E-state index contributed by atoms with van der Waals surface area (Å²) in [7, 11) is 1.56. The number of anilines is 1. The number of hydrogen-bond acceptors (Lipinski definition) is 5. The van der Waals surface area contributed by atoms with E-state index in [1.807, 2.05) is 12.1 Å². The van der Waals surface area contributed by atoms with E-state index in [-0.39, 0.29) is 0 Å². The van der Waals surface area contributed by atoms with Crippen molar-refractivity contribution in [3.63, 3.8) is 0 Å². The van der Waals surface area contributed by atoms with Gasteiger partial charge in [0.05, 0.1) is 12.7 Å². The molecule has 6 heteroatoms. The van der Waals surface area contributed by atoms with Crippen LogP contribution in [0.3, 0.4) is 0 Å². The predicted octanol–water partition coefficient (Wildman–Crippen LogP) is 3.95. The van der Waals surface area contributed by atoms with E-state index in [1.54, 1.807) is 13.2 Å². The summed E-state index contributed by atoms with van der Waals surface area (Å²) in [5, 5.41) is 3.52. The van der Waals surface area contributed by atoms with Crippen LogP contribution < -0.4 is 20.5 Å². The van der Waals surface area contributed by atoms with Crippen LogP contribution in [0.25, 0.3) is 0 Å². The maximum Gasteiger partial charge on any atom is 0.250 e. The lowest BCUT2D eigenvalue weighted by Gasteiger charge is -2.19. The Morgan fingerprint density at radius 2 is 1.79 bits per heavy atom. The number of hydrogen-bond donors (Lipinski definition) is 3. The lowest BCUT2D eigenvalue weighted by molar-refractivity contribution is 0.0997. The van der Waals surface area contributed by atoms with Crippen LogP contribution in [-0.4, -0.2) is 13.0 Å². The van der Waals surface area contributed by atoms with Crippen molar-refractivity contribution in [2.45, 2.75) is 43.4 Å². The molecule has 0 saturated carbocycles. The van der Waals surface area contributed by atoms with E-state index in [0.29, 0.717) is 17.1 Å². The van der Waals surface area contributed by atoms with Crippen LogP contribution in [0, 0.1) is 0 Å². The van der Waals surface area contributed by atoms with Gasteiger partial charge >= 0.3 is 0 Å². The summed E-state index contributed by atoms with van der Waals surface area (Å²) in [6.45, 7) is 4.14. The van der Waals surface area contributed by atoms with Gasteiger partial charge in [-0.2, -0.15) is 0 Å². The van der Waals surface area contributed by atoms with Gasteiger partial charge in [-0.25, -0.2) is 0 Å². The number of methoxy groups -OCH3 is 1. The minimum atomic E-state index is -0.486. The fraction of sp³-hybridized carbons (Fsp3) is 0.318. The van der Waals surface area contributed by atoms with Crippen molar-refractivity contribution in [2.75, 3.05) is 12.4 Å². The Morgan fingerprint density at radius 3 is 2.39 bits per heavy atom. The number of fused-ring (bicyclic) bond motifs is 2. The molecule has 0 saturated heterocycles. The fourth-order valence-electron chi connectivity index (χ4n) is 4.18. The SMILES string of the molecule is C=C(NSc1ccc(OC)cc1C(N)=O)Nc1c2c(cc3c1CCC3)CCC2. The van der Waals surface area contributed by atoms with Crippen molar-refractivity contribution in [3.8, 4) is 5.75 Å². The van der Waals surface area contributed by atoms with Gasteiger partial charge in [-0.05, 0) is 90.9 Å². The zero-order chi connectivity index (χ0) is 19.7. The Morgan fingerprint density at radius 1 is 1.11 bits per heavy atom. The zero-order valence-corrected chi connectivity index (χ0v) is 16.9. The number of aryl methyl sites for hydroxylation is 2. The van der Waals surface area contributed by atoms with Crippen molar-refractivity contribution in [1.29, 1.82) is 0 Å². The number of amides is 1. The topological polar surface area (TPSA) is 76.4 Å². The molecule has 0 unspecified atom stereocenters. The fourth-order valence-corrected chi connectivity index (χ4v) is 4.87. The number of primary amides is 1. The molecule has 0 aliphatic heterocycles. The number of benzene rings is 2. The third kappa shape index (κ3) is 3.56. The van der Waals surface area contributed by atoms with Crippen LogP contribution in [0.2, 0.25) is 0 Å². The van der Waals surface area contributed by atoms with E-state index in [9.17, 15) is 4.79 Å². The monoisotopic (exact) mass is 395 g/mol. The van der Waals surface area contributed by atoms with Crippen LogP contribution in [0.1, 0.15) is 45.5 Å². The van der Waals surface area contributed by atoms with Crippen LogP contribution in [0.5, 0.6) is 5.75 Å². The molecule has 0 fully saturated rings. The van der Waals surface area contributed by atoms with Gasteiger partial charge < -0.3 is 20.5 Å². The van der Waals surface area contributed by atoms with Crippen molar-refractivity contribution in [2.24, 2.45) is 5.73 Å². The Labute approximate surface area is 169 Å². The van der Waals surface area contributed by atoms with Gasteiger partial charge in [0.1, 0.15) is 11.6 Å². The molecule has 2 aromatic rings. The molecule has 2 aliphatic carbocycles. The number of carbonyl (C=O) groups is 1. The summed E-state index contributed by atoms with van der Waals surface area (Å²) in [5.74, 6) is 0.816. The lowest BCUT2D eigenvalue weighted by atomic mass is 9.99. The Hall–Kier alpha value is -2.60. The number of carbonyl (C=O) groups excluding carboxylic acids is 1. The molecule has 0 bridgehead atoms. The molecule has 0 spiro atoms. The van der Waals surface area contributed by atoms with E-state index >= 15 is 0 Å². The molecule has 2 aromatic carbocycles. The van der Waals surface area contributed by atoms with E-state index in [1.165, 1.54) is 65.6 Å². The standard InChI is InChI=1S/C22H25N3O2S/c1-13(25-28-20-10-9-16(27-2)12-19(20)22(23)26)24-21-17-7-3-5-14(17)11-15-6-4-8-18(15)21/h9-12,24-25H,1,3-8H2,2H3,(H2,23,26). The van der Waals surface area contributed by atoms with E-state index in [2.05, 4.69) is 22.7 Å². The highest BCUT2D eigenvalue weighted by atomic mass is 32.2. The van der Waals surface area contributed by atoms with Gasteiger partial charge in [-0.15, -0.1) is 0 Å². The summed E-state index contributed by atoms with van der Waals surface area (Å²) in [4.78, 5) is 12.5. The molecule has 4 rings (SSSR count). The summed E-state index contributed by atoms with van der Waals surface area (Å²) in [6.07, 6.45) is 7.01. The van der Waals surface area contributed by atoms with Crippen LogP contribution in [0.4, 0.5) is 5.69 Å². The minimum Gasteiger partial charge on any atom is -0.497 e. The summed E-state index contributed by atoms with van der Waals surface area (Å²) in [5.41, 5.74) is 13.0. The average molecular weight is 396 g/mol. The third-order valence-electron chi connectivity index (χ3n) is 5.49. The third-order valence-corrected chi connectivity index (χ3v) is 6.41. The molecular weight excluding hydrogens is 370 g/mol. The normalized spacial score (nSPS) is 14.3. The summed E-state index contributed by atoms with van der Waals surface area (Å²) in [6, 6.07) is 7.70. The van der Waals surface area contributed by atoms with E-state index in [0.717, 1.165) is 17.7 Å². The molecule has 5 nitrogen and oxygen atoms in total. The first kappa shape index (κ1) is 18.7. The second kappa shape index (κ2) is 7.80. The lowest BCUT2D eigenvalue weighted by Crippen LogP contribution is -2.16.